The van der Waals surface area contributed by atoms with Crippen LogP contribution < -0.4 is 10.2 Å². The summed E-state index contributed by atoms with van der Waals surface area (Å²) < 4.78 is 0. The minimum atomic E-state index is -0.162. The van der Waals surface area contributed by atoms with Crippen LogP contribution in [0.25, 0.3) is 0 Å². The summed E-state index contributed by atoms with van der Waals surface area (Å²) in [6, 6.07) is 9.82. The van der Waals surface area contributed by atoms with Crippen LogP contribution in [0.5, 0.6) is 0 Å². The van der Waals surface area contributed by atoms with Gasteiger partial charge in [0.1, 0.15) is 5.69 Å². The molecule has 4 heteroatoms. The van der Waals surface area contributed by atoms with Gasteiger partial charge in [0.05, 0.1) is 0 Å². The van der Waals surface area contributed by atoms with Crippen molar-refractivity contribution < 1.29 is 4.79 Å². The molecule has 1 amide bonds. The highest BCUT2D eigenvalue weighted by molar-refractivity contribution is 6.03. The zero-order chi connectivity index (χ0) is 17.1. The molecule has 24 heavy (non-hydrogen) atoms. The number of benzene rings is 1. The van der Waals surface area contributed by atoms with Crippen molar-refractivity contribution in [2.45, 2.75) is 33.6 Å². The first kappa shape index (κ1) is 16.5. The number of aryl methyl sites for hydroxylation is 2. The first-order valence-corrected chi connectivity index (χ1v) is 8.62. The summed E-state index contributed by atoms with van der Waals surface area (Å²) in [5, 5.41) is 2.94. The maximum absolute atomic E-state index is 12.5. The van der Waals surface area contributed by atoms with Gasteiger partial charge in [-0.15, -0.1) is 0 Å². The molecule has 0 radical (unpaired) electrons. The van der Waals surface area contributed by atoms with Crippen molar-refractivity contribution in [1.82, 2.24) is 4.98 Å². The van der Waals surface area contributed by atoms with E-state index in [9.17, 15) is 4.79 Å². The Morgan fingerprint density at radius 3 is 2.58 bits per heavy atom. The molecule has 0 saturated carbocycles. The van der Waals surface area contributed by atoms with Gasteiger partial charge in [0, 0.05) is 30.7 Å². The van der Waals surface area contributed by atoms with Crippen LogP contribution in [0.1, 0.15) is 41.4 Å². The number of rotatable bonds is 3. The number of hydrogen-bond acceptors (Lipinski definition) is 3. The topological polar surface area (TPSA) is 45.2 Å². The molecule has 1 aliphatic heterocycles. The second-order valence-corrected chi connectivity index (χ2v) is 6.82. The first-order chi connectivity index (χ1) is 11.5. The normalized spacial score (nSPS) is 15.4. The maximum atomic E-state index is 12.5. The zero-order valence-corrected chi connectivity index (χ0v) is 14.7. The zero-order valence-electron chi connectivity index (χ0n) is 14.7. The molecule has 0 spiro atoms. The Balaban J connectivity index is 1.73. The highest BCUT2D eigenvalue weighted by Crippen LogP contribution is 2.23. The third kappa shape index (κ3) is 3.75. The SMILES string of the molecule is Cc1ccc(NC(=O)c2cc(N3CCC(C)CC3)ccn2)cc1C. The van der Waals surface area contributed by atoms with Gasteiger partial charge in [0.2, 0.25) is 0 Å². The van der Waals surface area contributed by atoms with E-state index in [1.807, 2.05) is 37.3 Å². The van der Waals surface area contributed by atoms with Crippen LogP contribution >= 0.6 is 0 Å². The van der Waals surface area contributed by atoms with Gasteiger partial charge < -0.3 is 10.2 Å². The highest BCUT2D eigenvalue weighted by atomic mass is 16.1. The summed E-state index contributed by atoms with van der Waals surface area (Å²) in [7, 11) is 0. The van der Waals surface area contributed by atoms with Crippen LogP contribution in [-0.2, 0) is 0 Å². The molecular formula is C20H25N3O. The van der Waals surface area contributed by atoms with E-state index in [2.05, 4.69) is 29.0 Å². The Morgan fingerprint density at radius 1 is 1.12 bits per heavy atom. The van der Waals surface area contributed by atoms with Crippen molar-refractivity contribution in [2.24, 2.45) is 5.92 Å². The van der Waals surface area contributed by atoms with Crippen molar-refractivity contribution in [1.29, 1.82) is 0 Å². The molecule has 2 aromatic rings. The Bertz CT molecular complexity index is 733. The average Bonchev–Trinajstić information content (AvgIpc) is 2.59. The Kier molecular flexibility index (Phi) is 4.84. The van der Waals surface area contributed by atoms with Crippen molar-refractivity contribution in [3.63, 3.8) is 0 Å². The molecule has 0 aliphatic carbocycles. The summed E-state index contributed by atoms with van der Waals surface area (Å²) in [5.41, 5.74) is 4.73. The van der Waals surface area contributed by atoms with Gasteiger partial charge in [0.15, 0.2) is 0 Å². The van der Waals surface area contributed by atoms with Gasteiger partial charge >= 0.3 is 0 Å². The number of anilines is 2. The molecule has 1 aromatic heterocycles. The molecule has 126 valence electrons. The van der Waals surface area contributed by atoms with Crippen molar-refractivity contribution in [3.05, 3.63) is 53.3 Å². The van der Waals surface area contributed by atoms with Gasteiger partial charge in [-0.05, 0) is 68.0 Å². The Labute approximate surface area is 143 Å². The maximum Gasteiger partial charge on any atom is 0.274 e. The van der Waals surface area contributed by atoms with Crippen LogP contribution in [0.3, 0.4) is 0 Å². The molecule has 1 aromatic carbocycles. The average molecular weight is 323 g/mol. The van der Waals surface area contributed by atoms with E-state index in [1.54, 1.807) is 6.20 Å². The second-order valence-electron chi connectivity index (χ2n) is 6.82. The highest BCUT2D eigenvalue weighted by Gasteiger charge is 2.17. The van der Waals surface area contributed by atoms with Gasteiger partial charge in [-0.3, -0.25) is 9.78 Å². The standard InChI is InChI=1S/C20H25N3O/c1-14-7-10-23(11-8-14)18-6-9-21-19(13-18)20(24)22-17-5-4-15(2)16(3)12-17/h4-6,9,12-14H,7-8,10-11H2,1-3H3,(H,22,24). The third-order valence-corrected chi connectivity index (χ3v) is 4.89. The summed E-state index contributed by atoms with van der Waals surface area (Å²) in [6.07, 6.45) is 4.13. The summed E-state index contributed by atoms with van der Waals surface area (Å²) >= 11 is 0. The fraction of sp³-hybridized carbons (Fsp3) is 0.400. The van der Waals surface area contributed by atoms with E-state index in [-0.39, 0.29) is 5.91 Å². The molecule has 1 saturated heterocycles. The molecule has 0 atom stereocenters. The van der Waals surface area contributed by atoms with E-state index in [1.165, 1.54) is 18.4 Å². The van der Waals surface area contributed by atoms with E-state index >= 15 is 0 Å². The Hall–Kier alpha value is -2.36. The monoisotopic (exact) mass is 323 g/mol. The summed E-state index contributed by atoms with van der Waals surface area (Å²) in [6.45, 7) is 8.49. The fourth-order valence-electron chi connectivity index (χ4n) is 3.02. The summed E-state index contributed by atoms with van der Waals surface area (Å²) in [4.78, 5) is 19.1. The number of piperidine rings is 1. The van der Waals surface area contributed by atoms with Gasteiger partial charge in [-0.25, -0.2) is 0 Å². The smallest absolute Gasteiger partial charge is 0.274 e. The van der Waals surface area contributed by atoms with Crippen LogP contribution in [0, 0.1) is 19.8 Å². The molecule has 0 bridgehead atoms. The molecule has 1 fully saturated rings. The van der Waals surface area contributed by atoms with Gasteiger partial charge in [0.25, 0.3) is 5.91 Å². The number of carbonyl (C=O) groups is 1. The molecule has 1 aliphatic rings. The van der Waals surface area contributed by atoms with Crippen molar-refractivity contribution >= 4 is 17.3 Å². The van der Waals surface area contributed by atoms with Gasteiger partial charge in [-0.1, -0.05) is 13.0 Å². The molecule has 0 unspecified atom stereocenters. The van der Waals surface area contributed by atoms with Crippen LogP contribution in [0.4, 0.5) is 11.4 Å². The first-order valence-electron chi connectivity index (χ1n) is 8.62. The molecule has 3 rings (SSSR count). The quantitative estimate of drug-likeness (QED) is 0.921. The fourth-order valence-corrected chi connectivity index (χ4v) is 3.02. The molecule has 4 nitrogen and oxygen atoms in total. The van der Waals surface area contributed by atoms with Crippen LogP contribution in [-0.4, -0.2) is 24.0 Å². The lowest BCUT2D eigenvalue weighted by atomic mass is 9.99. The number of nitrogens with one attached hydrogen (secondary N) is 1. The second kappa shape index (κ2) is 7.04. The van der Waals surface area contributed by atoms with Crippen LogP contribution in [0.15, 0.2) is 36.5 Å². The molecule has 2 heterocycles. The largest absolute Gasteiger partial charge is 0.371 e. The predicted octanol–water partition coefficient (Wildman–Crippen LogP) is 4.19. The number of hydrogen-bond donors (Lipinski definition) is 1. The van der Waals surface area contributed by atoms with E-state index in [0.29, 0.717) is 5.69 Å². The minimum Gasteiger partial charge on any atom is -0.371 e. The molecule has 1 N–H and O–H groups in total. The van der Waals surface area contributed by atoms with E-state index in [4.69, 9.17) is 0 Å². The lowest BCUT2D eigenvalue weighted by Crippen LogP contribution is -2.33. The number of pyridine rings is 1. The lowest BCUT2D eigenvalue weighted by molar-refractivity contribution is 0.102. The number of nitrogens with zero attached hydrogens (tertiary/aromatic N) is 2. The molecular weight excluding hydrogens is 298 g/mol. The lowest BCUT2D eigenvalue weighted by Gasteiger charge is -2.32. The van der Waals surface area contributed by atoms with Crippen molar-refractivity contribution in [2.75, 3.05) is 23.3 Å². The Morgan fingerprint density at radius 2 is 1.88 bits per heavy atom. The third-order valence-electron chi connectivity index (χ3n) is 4.89. The summed E-state index contributed by atoms with van der Waals surface area (Å²) in [5.74, 6) is 0.626. The number of amides is 1. The van der Waals surface area contributed by atoms with E-state index in [0.717, 1.165) is 35.9 Å². The van der Waals surface area contributed by atoms with Crippen molar-refractivity contribution in [3.8, 4) is 0 Å². The van der Waals surface area contributed by atoms with Gasteiger partial charge in [-0.2, -0.15) is 0 Å². The minimum absolute atomic E-state index is 0.162. The van der Waals surface area contributed by atoms with E-state index < -0.39 is 0 Å². The number of carbonyl (C=O) groups excluding carboxylic acids is 1. The predicted molar refractivity (Wildman–Crippen MR) is 98.7 cm³/mol. The van der Waals surface area contributed by atoms with Crippen LogP contribution in [0.2, 0.25) is 0 Å². The number of aromatic nitrogens is 1.